The lowest BCUT2D eigenvalue weighted by molar-refractivity contribution is -0.121. The first-order valence-corrected chi connectivity index (χ1v) is 8.08. The number of anilines is 1. The van der Waals surface area contributed by atoms with Gasteiger partial charge in [-0.1, -0.05) is 42.5 Å². The van der Waals surface area contributed by atoms with Crippen molar-refractivity contribution in [2.24, 2.45) is 0 Å². The molecule has 24 heavy (non-hydrogen) atoms. The molecule has 0 bridgehead atoms. The molecule has 1 N–H and O–H groups in total. The van der Waals surface area contributed by atoms with Crippen LogP contribution in [-0.4, -0.2) is 35.0 Å². The second kappa shape index (κ2) is 6.28. The van der Waals surface area contributed by atoms with Crippen LogP contribution in [0.3, 0.4) is 0 Å². The summed E-state index contributed by atoms with van der Waals surface area (Å²) in [5.41, 5.74) is 2.93. The van der Waals surface area contributed by atoms with Crippen LogP contribution in [0.2, 0.25) is 0 Å². The molecule has 5 nitrogen and oxygen atoms in total. The molecular formula is C19H18N4O. The van der Waals surface area contributed by atoms with E-state index in [1.807, 2.05) is 47.4 Å². The number of aromatic nitrogens is 2. The van der Waals surface area contributed by atoms with Crippen molar-refractivity contribution in [3.05, 3.63) is 66.4 Å². The number of hydrogen-bond donors (Lipinski definition) is 1. The quantitative estimate of drug-likeness (QED) is 0.804. The maximum absolute atomic E-state index is 12.1. The van der Waals surface area contributed by atoms with E-state index in [1.54, 1.807) is 6.20 Å². The van der Waals surface area contributed by atoms with Crippen molar-refractivity contribution in [3.63, 3.8) is 0 Å². The molecule has 1 amide bonds. The maximum Gasteiger partial charge on any atom is 0.239 e. The van der Waals surface area contributed by atoms with E-state index in [9.17, 15) is 4.79 Å². The summed E-state index contributed by atoms with van der Waals surface area (Å²) >= 11 is 0. The van der Waals surface area contributed by atoms with Gasteiger partial charge in [0.25, 0.3) is 0 Å². The number of rotatable bonds is 3. The fraction of sp³-hybridized carbons (Fsp3) is 0.211. The first-order chi connectivity index (χ1) is 11.8. The lowest BCUT2D eigenvalue weighted by Gasteiger charge is -2.33. The summed E-state index contributed by atoms with van der Waals surface area (Å²) in [6.07, 6.45) is 2.56. The maximum atomic E-state index is 12.1. The van der Waals surface area contributed by atoms with Crippen LogP contribution in [0.15, 0.2) is 60.8 Å². The molecule has 0 spiro atoms. The van der Waals surface area contributed by atoms with Gasteiger partial charge in [0.2, 0.25) is 5.91 Å². The smallest absolute Gasteiger partial charge is 0.239 e. The van der Waals surface area contributed by atoms with Gasteiger partial charge >= 0.3 is 0 Å². The molecule has 1 fully saturated rings. The molecule has 3 aromatic rings. The number of fused-ring (bicyclic) bond motifs is 1. The van der Waals surface area contributed by atoms with E-state index >= 15 is 0 Å². The van der Waals surface area contributed by atoms with E-state index in [0.29, 0.717) is 6.54 Å². The van der Waals surface area contributed by atoms with Gasteiger partial charge < -0.3 is 10.2 Å². The Kier molecular flexibility index (Phi) is 3.83. The monoisotopic (exact) mass is 318 g/mol. The zero-order valence-electron chi connectivity index (χ0n) is 13.2. The summed E-state index contributed by atoms with van der Waals surface area (Å²) in [6.45, 7) is 1.05. The minimum Gasteiger partial charge on any atom is -0.350 e. The normalized spacial score (nSPS) is 17.8. The summed E-state index contributed by atoms with van der Waals surface area (Å²) in [5, 5.41) is 3.07. The number of benzene rings is 2. The predicted octanol–water partition coefficient (Wildman–Crippen LogP) is 2.18. The van der Waals surface area contributed by atoms with Crippen LogP contribution in [0.25, 0.3) is 11.0 Å². The molecule has 1 aliphatic heterocycles. The molecule has 2 aromatic carbocycles. The second-order valence-corrected chi connectivity index (χ2v) is 6.05. The Balaban J connectivity index is 1.56. The van der Waals surface area contributed by atoms with Crippen LogP contribution in [-0.2, 0) is 11.2 Å². The van der Waals surface area contributed by atoms with Gasteiger partial charge in [0.15, 0.2) is 0 Å². The largest absolute Gasteiger partial charge is 0.350 e. The minimum atomic E-state index is 0.0251. The highest BCUT2D eigenvalue weighted by molar-refractivity contribution is 5.83. The first-order valence-electron chi connectivity index (χ1n) is 8.08. The third kappa shape index (κ3) is 3.06. The highest BCUT2D eigenvalue weighted by Gasteiger charge is 2.25. The van der Waals surface area contributed by atoms with Crippen LogP contribution >= 0.6 is 0 Å². The number of hydrogen-bond acceptors (Lipinski definition) is 4. The highest BCUT2D eigenvalue weighted by atomic mass is 16.2. The van der Waals surface area contributed by atoms with Crippen LogP contribution < -0.4 is 10.2 Å². The van der Waals surface area contributed by atoms with Gasteiger partial charge in [0.05, 0.1) is 29.8 Å². The number of carbonyl (C=O) groups is 1. The molecule has 5 heteroatoms. The van der Waals surface area contributed by atoms with Crippen LogP contribution in [0.1, 0.15) is 5.56 Å². The Morgan fingerprint density at radius 3 is 2.62 bits per heavy atom. The van der Waals surface area contributed by atoms with E-state index in [1.165, 1.54) is 5.56 Å². The van der Waals surface area contributed by atoms with Gasteiger partial charge in [-0.2, -0.15) is 0 Å². The van der Waals surface area contributed by atoms with Crippen LogP contribution in [0, 0.1) is 0 Å². The molecule has 1 aromatic heterocycles. The first kappa shape index (κ1) is 14.6. The molecule has 0 radical (unpaired) electrons. The molecule has 1 aliphatic rings. The number of carbonyl (C=O) groups excluding carboxylic acids is 1. The molecule has 0 aliphatic carbocycles. The van der Waals surface area contributed by atoms with Gasteiger partial charge in [-0.05, 0) is 24.1 Å². The fourth-order valence-corrected chi connectivity index (χ4v) is 3.11. The van der Waals surface area contributed by atoms with E-state index in [4.69, 9.17) is 0 Å². The van der Waals surface area contributed by atoms with Gasteiger partial charge in [0.1, 0.15) is 5.82 Å². The molecular weight excluding hydrogens is 300 g/mol. The lowest BCUT2D eigenvalue weighted by atomic mass is 10.0. The SMILES string of the molecule is O=C1CN(c2cnc3ccccc3n2)C[C@H](Cc2ccccc2)N1. The third-order valence-electron chi connectivity index (χ3n) is 4.23. The Hall–Kier alpha value is -2.95. The minimum absolute atomic E-state index is 0.0251. The number of nitrogens with one attached hydrogen (secondary N) is 1. The summed E-state index contributed by atoms with van der Waals surface area (Å²) < 4.78 is 0. The average molecular weight is 318 g/mol. The zero-order valence-corrected chi connectivity index (χ0v) is 13.2. The Labute approximate surface area is 140 Å². The summed E-state index contributed by atoms with van der Waals surface area (Å²) in [5.74, 6) is 0.777. The lowest BCUT2D eigenvalue weighted by Crippen LogP contribution is -2.55. The van der Waals surface area contributed by atoms with E-state index in [0.717, 1.165) is 29.8 Å². The fourth-order valence-electron chi connectivity index (χ4n) is 3.11. The van der Waals surface area contributed by atoms with Gasteiger partial charge in [0, 0.05) is 6.54 Å². The number of amides is 1. The third-order valence-corrected chi connectivity index (χ3v) is 4.23. The van der Waals surface area contributed by atoms with Gasteiger partial charge in [-0.15, -0.1) is 0 Å². The van der Waals surface area contributed by atoms with Crippen molar-refractivity contribution in [3.8, 4) is 0 Å². The van der Waals surface area contributed by atoms with Crippen molar-refractivity contribution in [2.75, 3.05) is 18.0 Å². The second-order valence-electron chi connectivity index (χ2n) is 6.05. The molecule has 0 saturated carbocycles. The van der Waals surface area contributed by atoms with Crippen molar-refractivity contribution >= 4 is 22.8 Å². The number of nitrogens with zero attached hydrogens (tertiary/aromatic N) is 3. The molecule has 4 rings (SSSR count). The highest BCUT2D eigenvalue weighted by Crippen LogP contribution is 2.18. The zero-order chi connectivity index (χ0) is 16.4. The average Bonchev–Trinajstić information content (AvgIpc) is 2.62. The molecule has 1 atom stereocenters. The van der Waals surface area contributed by atoms with Crippen molar-refractivity contribution in [1.82, 2.24) is 15.3 Å². The van der Waals surface area contributed by atoms with E-state index in [2.05, 4.69) is 27.4 Å². The van der Waals surface area contributed by atoms with Crippen molar-refractivity contribution < 1.29 is 4.79 Å². The van der Waals surface area contributed by atoms with Crippen LogP contribution in [0.4, 0.5) is 5.82 Å². The molecule has 120 valence electrons. The number of para-hydroxylation sites is 2. The van der Waals surface area contributed by atoms with E-state index < -0.39 is 0 Å². The number of piperazine rings is 1. The van der Waals surface area contributed by atoms with Crippen molar-refractivity contribution in [2.45, 2.75) is 12.5 Å². The Morgan fingerprint density at radius 1 is 1.04 bits per heavy atom. The predicted molar refractivity (Wildman–Crippen MR) is 93.8 cm³/mol. The van der Waals surface area contributed by atoms with E-state index in [-0.39, 0.29) is 11.9 Å². The molecule has 1 saturated heterocycles. The Morgan fingerprint density at radius 2 is 1.79 bits per heavy atom. The topological polar surface area (TPSA) is 58.1 Å². The molecule has 2 heterocycles. The van der Waals surface area contributed by atoms with Gasteiger partial charge in [-0.25, -0.2) is 4.98 Å². The summed E-state index contributed by atoms with van der Waals surface area (Å²) in [6, 6.07) is 18.1. The summed E-state index contributed by atoms with van der Waals surface area (Å²) in [7, 11) is 0. The van der Waals surface area contributed by atoms with Crippen LogP contribution in [0.5, 0.6) is 0 Å². The standard InChI is InChI=1S/C19H18N4O/c24-19-13-23(12-15(21-19)10-14-6-2-1-3-7-14)18-11-20-16-8-4-5-9-17(16)22-18/h1-9,11,15H,10,12-13H2,(H,21,24)/t15-/m0/s1. The Bertz CT molecular complexity index is 865. The van der Waals surface area contributed by atoms with Crippen molar-refractivity contribution in [1.29, 1.82) is 0 Å². The van der Waals surface area contributed by atoms with Gasteiger partial charge in [-0.3, -0.25) is 9.78 Å². The molecule has 0 unspecified atom stereocenters. The summed E-state index contributed by atoms with van der Waals surface area (Å²) in [4.78, 5) is 23.2.